The van der Waals surface area contributed by atoms with Crippen LogP contribution in [-0.4, -0.2) is 37.0 Å². The maximum atomic E-state index is 12.2. The average molecular weight is 382 g/mol. The molecule has 24 heavy (non-hydrogen) atoms. The summed E-state index contributed by atoms with van der Waals surface area (Å²) in [4.78, 5) is 1.20. The van der Waals surface area contributed by atoms with E-state index in [9.17, 15) is 8.42 Å². The van der Waals surface area contributed by atoms with Crippen LogP contribution in [0.15, 0.2) is 56.3 Å². The number of rotatable bonds is 6. The van der Waals surface area contributed by atoms with Crippen LogP contribution >= 0.6 is 23.1 Å². The van der Waals surface area contributed by atoms with Crippen LogP contribution in [0.5, 0.6) is 0 Å². The number of benzene rings is 1. The molecule has 2 aromatic heterocycles. The molecule has 1 aromatic carbocycles. The van der Waals surface area contributed by atoms with Crippen molar-refractivity contribution in [1.29, 1.82) is 0 Å². The zero-order valence-electron chi connectivity index (χ0n) is 13.0. The third-order valence-electron chi connectivity index (χ3n) is 3.18. The SMILES string of the molecule is CN(C)S(=O)(=O)c1cccc(CSc2nnc(-c3cccs3)o2)c1. The van der Waals surface area contributed by atoms with Crippen LogP contribution in [0.25, 0.3) is 10.8 Å². The van der Waals surface area contributed by atoms with Crippen LogP contribution in [0.3, 0.4) is 0 Å². The molecule has 0 saturated heterocycles. The Morgan fingerprint density at radius 1 is 1.21 bits per heavy atom. The molecule has 0 bridgehead atoms. The fraction of sp³-hybridized carbons (Fsp3) is 0.200. The molecule has 3 rings (SSSR count). The van der Waals surface area contributed by atoms with Gasteiger partial charge in [0.05, 0.1) is 9.77 Å². The Kier molecular flexibility index (Phi) is 5.04. The highest BCUT2D eigenvalue weighted by Gasteiger charge is 2.17. The first kappa shape index (κ1) is 17.2. The molecular formula is C15H15N3O3S3. The van der Waals surface area contributed by atoms with Crippen LogP contribution in [0.4, 0.5) is 0 Å². The van der Waals surface area contributed by atoms with Gasteiger partial charge in [-0.2, -0.15) is 0 Å². The summed E-state index contributed by atoms with van der Waals surface area (Å²) in [6.45, 7) is 0. The lowest BCUT2D eigenvalue weighted by Crippen LogP contribution is -2.22. The number of thioether (sulfide) groups is 1. The molecule has 0 unspecified atom stereocenters. The number of aromatic nitrogens is 2. The minimum Gasteiger partial charge on any atom is -0.410 e. The van der Waals surface area contributed by atoms with Crippen LogP contribution in [0, 0.1) is 0 Å². The van der Waals surface area contributed by atoms with Crippen LogP contribution < -0.4 is 0 Å². The fourth-order valence-electron chi connectivity index (χ4n) is 1.92. The minimum atomic E-state index is -3.43. The second kappa shape index (κ2) is 7.06. The van der Waals surface area contributed by atoms with Crippen molar-refractivity contribution in [3.8, 4) is 10.8 Å². The molecule has 0 radical (unpaired) electrons. The van der Waals surface area contributed by atoms with Gasteiger partial charge in [-0.3, -0.25) is 0 Å². The zero-order chi connectivity index (χ0) is 17.2. The summed E-state index contributed by atoms with van der Waals surface area (Å²) in [6.07, 6.45) is 0. The monoisotopic (exact) mass is 381 g/mol. The van der Waals surface area contributed by atoms with Crippen molar-refractivity contribution in [2.24, 2.45) is 0 Å². The highest BCUT2D eigenvalue weighted by Crippen LogP contribution is 2.28. The molecule has 0 fully saturated rings. The van der Waals surface area contributed by atoms with E-state index in [1.165, 1.54) is 41.5 Å². The van der Waals surface area contributed by atoms with Crippen molar-refractivity contribution in [2.45, 2.75) is 15.9 Å². The number of sulfonamides is 1. The van der Waals surface area contributed by atoms with Crippen LogP contribution in [0.2, 0.25) is 0 Å². The molecule has 0 saturated carbocycles. The minimum absolute atomic E-state index is 0.274. The Bertz CT molecular complexity index is 918. The average Bonchev–Trinajstić information content (AvgIpc) is 3.24. The van der Waals surface area contributed by atoms with Gasteiger partial charge in [0.2, 0.25) is 10.0 Å². The molecule has 0 aliphatic heterocycles. The Hall–Kier alpha value is -1.68. The predicted molar refractivity (Wildman–Crippen MR) is 94.5 cm³/mol. The zero-order valence-corrected chi connectivity index (χ0v) is 15.5. The molecule has 3 aromatic rings. The number of hydrogen-bond acceptors (Lipinski definition) is 7. The maximum absolute atomic E-state index is 12.2. The van der Waals surface area contributed by atoms with Gasteiger partial charge < -0.3 is 4.42 Å². The molecule has 0 aliphatic rings. The molecule has 6 nitrogen and oxygen atoms in total. The molecule has 0 N–H and O–H groups in total. The molecule has 0 atom stereocenters. The highest BCUT2D eigenvalue weighted by atomic mass is 32.2. The first-order valence-electron chi connectivity index (χ1n) is 6.98. The standard InChI is InChI=1S/C15H15N3O3S3/c1-18(2)24(19,20)12-6-3-5-11(9-12)10-23-15-17-16-14(21-15)13-7-4-8-22-13/h3-9H,10H2,1-2H3. The summed E-state index contributed by atoms with van der Waals surface area (Å²) in [5.41, 5.74) is 0.874. The molecule has 126 valence electrons. The smallest absolute Gasteiger partial charge is 0.277 e. The van der Waals surface area contributed by atoms with Gasteiger partial charge in [0.1, 0.15) is 0 Å². The Morgan fingerprint density at radius 3 is 2.75 bits per heavy atom. The quantitative estimate of drug-likeness (QED) is 0.610. The van der Waals surface area contributed by atoms with Crippen molar-refractivity contribution in [3.05, 3.63) is 47.3 Å². The summed E-state index contributed by atoms with van der Waals surface area (Å²) in [6, 6.07) is 10.7. The van der Waals surface area contributed by atoms with Gasteiger partial charge in [0, 0.05) is 19.8 Å². The normalized spacial score (nSPS) is 12.0. The topological polar surface area (TPSA) is 76.3 Å². The van der Waals surface area contributed by atoms with E-state index in [4.69, 9.17) is 4.42 Å². The summed E-state index contributed by atoms with van der Waals surface area (Å²) in [7, 11) is -0.403. The third-order valence-corrected chi connectivity index (χ3v) is 6.74. The van der Waals surface area contributed by atoms with E-state index in [0.29, 0.717) is 16.9 Å². The summed E-state index contributed by atoms with van der Waals surface area (Å²) in [5, 5.41) is 10.4. The van der Waals surface area contributed by atoms with E-state index in [-0.39, 0.29) is 4.90 Å². The molecule has 9 heteroatoms. The lowest BCUT2D eigenvalue weighted by molar-refractivity contribution is 0.466. The fourth-order valence-corrected chi connectivity index (χ4v) is 4.24. The third kappa shape index (κ3) is 3.69. The van der Waals surface area contributed by atoms with Crippen LogP contribution in [0.1, 0.15) is 5.56 Å². The lowest BCUT2D eigenvalue weighted by atomic mass is 10.2. The van der Waals surface area contributed by atoms with Gasteiger partial charge in [-0.15, -0.1) is 21.5 Å². The van der Waals surface area contributed by atoms with Gasteiger partial charge in [-0.05, 0) is 29.1 Å². The second-order valence-corrected chi connectivity index (χ2v) is 9.10. The first-order chi connectivity index (χ1) is 11.5. The Labute approximate surface area is 148 Å². The van der Waals surface area contributed by atoms with E-state index in [2.05, 4.69) is 10.2 Å². The van der Waals surface area contributed by atoms with E-state index in [1.807, 2.05) is 23.6 Å². The number of hydrogen-bond donors (Lipinski definition) is 0. The summed E-state index contributed by atoms with van der Waals surface area (Å²) >= 11 is 2.91. The van der Waals surface area contributed by atoms with E-state index >= 15 is 0 Å². The van der Waals surface area contributed by atoms with Crippen molar-refractivity contribution in [3.63, 3.8) is 0 Å². The predicted octanol–water partition coefficient (Wildman–Crippen LogP) is 3.34. The summed E-state index contributed by atoms with van der Waals surface area (Å²) in [5.74, 6) is 1.04. The molecule has 0 amide bonds. The Morgan fingerprint density at radius 2 is 2.04 bits per heavy atom. The van der Waals surface area contributed by atoms with Gasteiger partial charge in [-0.25, -0.2) is 12.7 Å². The molecule has 0 spiro atoms. The highest BCUT2D eigenvalue weighted by molar-refractivity contribution is 7.98. The van der Waals surface area contributed by atoms with Crippen molar-refractivity contribution in [1.82, 2.24) is 14.5 Å². The van der Waals surface area contributed by atoms with Crippen molar-refractivity contribution >= 4 is 33.1 Å². The van der Waals surface area contributed by atoms with Gasteiger partial charge in [0.25, 0.3) is 11.1 Å². The molecule has 2 heterocycles. The van der Waals surface area contributed by atoms with Crippen LogP contribution in [-0.2, 0) is 15.8 Å². The first-order valence-corrected chi connectivity index (χ1v) is 10.3. The molecular weight excluding hydrogens is 366 g/mol. The van der Waals surface area contributed by atoms with Gasteiger partial charge in [0.15, 0.2) is 0 Å². The summed E-state index contributed by atoms with van der Waals surface area (Å²) < 4.78 is 31.2. The maximum Gasteiger partial charge on any atom is 0.277 e. The Balaban J connectivity index is 1.71. The van der Waals surface area contributed by atoms with E-state index < -0.39 is 10.0 Å². The van der Waals surface area contributed by atoms with E-state index in [1.54, 1.807) is 18.2 Å². The number of nitrogens with zero attached hydrogens (tertiary/aromatic N) is 3. The number of thiophene rings is 1. The van der Waals surface area contributed by atoms with Crippen molar-refractivity contribution < 1.29 is 12.8 Å². The van der Waals surface area contributed by atoms with Crippen molar-refractivity contribution in [2.75, 3.05) is 14.1 Å². The molecule has 0 aliphatic carbocycles. The van der Waals surface area contributed by atoms with Gasteiger partial charge in [-0.1, -0.05) is 30.0 Å². The van der Waals surface area contributed by atoms with Gasteiger partial charge >= 0.3 is 0 Å². The van der Waals surface area contributed by atoms with E-state index in [0.717, 1.165) is 10.4 Å². The second-order valence-electron chi connectivity index (χ2n) is 5.07. The largest absolute Gasteiger partial charge is 0.410 e. The lowest BCUT2D eigenvalue weighted by Gasteiger charge is -2.11.